The first-order chi connectivity index (χ1) is 6.15. The zero-order valence-corrected chi connectivity index (χ0v) is 8.12. The third-order valence-electron chi connectivity index (χ3n) is 2.14. The third kappa shape index (κ3) is 2.52. The van der Waals surface area contributed by atoms with Gasteiger partial charge in [-0.25, -0.2) is 5.43 Å². The van der Waals surface area contributed by atoms with Crippen molar-refractivity contribution in [3.63, 3.8) is 0 Å². The van der Waals surface area contributed by atoms with Crippen molar-refractivity contribution in [2.24, 2.45) is 11.6 Å². The first kappa shape index (κ1) is 10.2. The molecule has 1 unspecified atom stereocenters. The van der Waals surface area contributed by atoms with Crippen LogP contribution in [0.5, 0.6) is 0 Å². The second-order valence-corrected chi connectivity index (χ2v) is 3.47. The molecule has 0 fully saturated rings. The van der Waals surface area contributed by atoms with Crippen molar-refractivity contribution < 1.29 is 0 Å². The summed E-state index contributed by atoms with van der Waals surface area (Å²) < 4.78 is 0. The highest BCUT2D eigenvalue weighted by molar-refractivity contribution is 5.26. The van der Waals surface area contributed by atoms with E-state index in [1.807, 2.05) is 12.1 Å². The topological polar surface area (TPSA) is 64.1 Å². The molecule has 1 aromatic rings. The lowest BCUT2D eigenvalue weighted by molar-refractivity contribution is 0.576. The van der Waals surface area contributed by atoms with Gasteiger partial charge in [0.15, 0.2) is 0 Å². The minimum Gasteiger partial charge on any atom is -0.311 e. The number of benzene rings is 1. The molecular formula is C10H17N3. The van der Waals surface area contributed by atoms with E-state index >= 15 is 0 Å². The van der Waals surface area contributed by atoms with Gasteiger partial charge in [0, 0.05) is 0 Å². The van der Waals surface area contributed by atoms with Crippen LogP contribution < -0.4 is 17.0 Å². The van der Waals surface area contributed by atoms with E-state index in [4.69, 9.17) is 11.6 Å². The number of nitrogens with one attached hydrogen (secondary N) is 1. The maximum absolute atomic E-state index is 5.68. The summed E-state index contributed by atoms with van der Waals surface area (Å²) in [5.74, 6) is 5.78. The van der Waals surface area contributed by atoms with Gasteiger partial charge in [0.25, 0.3) is 0 Å². The summed E-state index contributed by atoms with van der Waals surface area (Å²) >= 11 is 0. The SMILES string of the molecule is CC(C)c1ccc(C(N)NN)cc1. The predicted octanol–water partition coefficient (Wildman–Crippen LogP) is 1.23. The van der Waals surface area contributed by atoms with Gasteiger partial charge in [-0.15, -0.1) is 0 Å². The van der Waals surface area contributed by atoms with E-state index in [-0.39, 0.29) is 6.17 Å². The number of hydrogen-bond acceptors (Lipinski definition) is 3. The number of hydrogen-bond donors (Lipinski definition) is 3. The second-order valence-electron chi connectivity index (χ2n) is 3.47. The zero-order valence-electron chi connectivity index (χ0n) is 8.12. The van der Waals surface area contributed by atoms with Gasteiger partial charge in [0.1, 0.15) is 0 Å². The normalized spacial score (nSPS) is 13.3. The number of nitrogens with two attached hydrogens (primary N) is 2. The van der Waals surface area contributed by atoms with Crippen LogP contribution in [0, 0.1) is 0 Å². The molecular weight excluding hydrogens is 162 g/mol. The molecule has 1 aromatic carbocycles. The number of hydrazine groups is 1. The quantitative estimate of drug-likeness (QED) is 0.371. The molecule has 3 heteroatoms. The molecule has 72 valence electrons. The van der Waals surface area contributed by atoms with Gasteiger partial charge in [-0.2, -0.15) is 0 Å². The molecule has 0 amide bonds. The maximum atomic E-state index is 5.68. The molecule has 0 spiro atoms. The standard InChI is InChI=1S/C10H17N3/c1-7(2)8-3-5-9(6-4-8)10(11)13-12/h3-7,10,13H,11-12H2,1-2H3. The van der Waals surface area contributed by atoms with Crippen LogP contribution in [-0.2, 0) is 0 Å². The largest absolute Gasteiger partial charge is 0.311 e. The molecule has 0 heterocycles. The highest BCUT2D eigenvalue weighted by Crippen LogP contribution is 2.16. The molecule has 5 N–H and O–H groups in total. The Kier molecular flexibility index (Phi) is 3.42. The van der Waals surface area contributed by atoms with Gasteiger partial charge in [-0.1, -0.05) is 38.1 Å². The fraction of sp³-hybridized carbons (Fsp3) is 0.400. The van der Waals surface area contributed by atoms with E-state index in [0.717, 1.165) is 5.56 Å². The maximum Gasteiger partial charge on any atom is 0.0935 e. The summed E-state index contributed by atoms with van der Waals surface area (Å²) in [6, 6.07) is 8.16. The summed E-state index contributed by atoms with van der Waals surface area (Å²) in [5.41, 5.74) is 10.5. The number of rotatable bonds is 3. The summed E-state index contributed by atoms with van der Waals surface area (Å²) in [6.07, 6.45) is -0.277. The van der Waals surface area contributed by atoms with Crippen molar-refractivity contribution in [2.75, 3.05) is 0 Å². The lowest BCUT2D eigenvalue weighted by atomic mass is 10.0. The van der Waals surface area contributed by atoms with Crippen LogP contribution in [0.2, 0.25) is 0 Å². The van der Waals surface area contributed by atoms with Crippen molar-refractivity contribution in [1.29, 1.82) is 0 Å². The van der Waals surface area contributed by atoms with Crippen molar-refractivity contribution in [3.8, 4) is 0 Å². The fourth-order valence-corrected chi connectivity index (χ4v) is 1.18. The van der Waals surface area contributed by atoms with Crippen LogP contribution in [0.3, 0.4) is 0 Å². The highest BCUT2D eigenvalue weighted by atomic mass is 15.3. The Morgan fingerprint density at radius 3 is 1.92 bits per heavy atom. The lowest BCUT2D eigenvalue weighted by Gasteiger charge is -2.11. The molecule has 3 nitrogen and oxygen atoms in total. The molecule has 1 rings (SSSR count). The second kappa shape index (κ2) is 4.37. The molecule has 0 radical (unpaired) electrons. The third-order valence-corrected chi connectivity index (χ3v) is 2.14. The van der Waals surface area contributed by atoms with E-state index < -0.39 is 0 Å². The molecule has 0 aliphatic carbocycles. The molecule has 0 aliphatic heterocycles. The Morgan fingerprint density at radius 2 is 1.54 bits per heavy atom. The van der Waals surface area contributed by atoms with Crippen molar-refractivity contribution in [1.82, 2.24) is 5.43 Å². The molecule has 0 aromatic heterocycles. The van der Waals surface area contributed by atoms with Crippen LogP contribution in [0.1, 0.15) is 37.1 Å². The predicted molar refractivity (Wildman–Crippen MR) is 54.8 cm³/mol. The fourth-order valence-electron chi connectivity index (χ4n) is 1.18. The van der Waals surface area contributed by atoms with E-state index in [2.05, 4.69) is 31.4 Å². The smallest absolute Gasteiger partial charge is 0.0935 e. The first-order valence-electron chi connectivity index (χ1n) is 4.46. The Labute approximate surface area is 79.1 Å². The highest BCUT2D eigenvalue weighted by Gasteiger charge is 2.03. The summed E-state index contributed by atoms with van der Waals surface area (Å²) in [6.45, 7) is 4.33. The molecule has 0 bridgehead atoms. The van der Waals surface area contributed by atoms with Gasteiger partial charge in [0.05, 0.1) is 6.17 Å². The zero-order chi connectivity index (χ0) is 9.84. The van der Waals surface area contributed by atoms with Crippen molar-refractivity contribution in [2.45, 2.75) is 25.9 Å². The van der Waals surface area contributed by atoms with Crippen molar-refractivity contribution >= 4 is 0 Å². The van der Waals surface area contributed by atoms with Crippen LogP contribution in [0.4, 0.5) is 0 Å². The van der Waals surface area contributed by atoms with Crippen LogP contribution in [-0.4, -0.2) is 0 Å². The first-order valence-corrected chi connectivity index (χ1v) is 4.46. The molecule has 0 aliphatic rings. The Balaban J connectivity index is 2.81. The summed E-state index contributed by atoms with van der Waals surface area (Å²) in [5, 5.41) is 0. The van der Waals surface area contributed by atoms with Crippen LogP contribution in [0.15, 0.2) is 24.3 Å². The van der Waals surface area contributed by atoms with Crippen molar-refractivity contribution in [3.05, 3.63) is 35.4 Å². The van der Waals surface area contributed by atoms with Gasteiger partial charge >= 0.3 is 0 Å². The molecule has 0 saturated carbocycles. The summed E-state index contributed by atoms with van der Waals surface area (Å²) in [4.78, 5) is 0. The minimum atomic E-state index is -0.277. The van der Waals surface area contributed by atoms with Crippen LogP contribution in [0.25, 0.3) is 0 Å². The Hall–Kier alpha value is -0.900. The van der Waals surface area contributed by atoms with Gasteiger partial charge in [0.2, 0.25) is 0 Å². The average molecular weight is 179 g/mol. The van der Waals surface area contributed by atoms with E-state index in [1.165, 1.54) is 5.56 Å². The summed E-state index contributed by atoms with van der Waals surface area (Å²) in [7, 11) is 0. The Bertz CT molecular complexity index is 253. The van der Waals surface area contributed by atoms with Gasteiger partial charge in [-0.3, -0.25) is 5.84 Å². The van der Waals surface area contributed by atoms with Gasteiger partial charge in [-0.05, 0) is 17.0 Å². The molecule has 1 atom stereocenters. The molecule has 0 saturated heterocycles. The van der Waals surface area contributed by atoms with E-state index in [9.17, 15) is 0 Å². The monoisotopic (exact) mass is 179 g/mol. The van der Waals surface area contributed by atoms with Crippen LogP contribution >= 0.6 is 0 Å². The van der Waals surface area contributed by atoms with E-state index in [0.29, 0.717) is 5.92 Å². The van der Waals surface area contributed by atoms with E-state index in [1.54, 1.807) is 0 Å². The molecule has 13 heavy (non-hydrogen) atoms. The lowest BCUT2D eigenvalue weighted by Crippen LogP contribution is -2.34. The van der Waals surface area contributed by atoms with Gasteiger partial charge < -0.3 is 5.73 Å². The Morgan fingerprint density at radius 1 is 1.08 bits per heavy atom. The minimum absolute atomic E-state index is 0.277. The average Bonchev–Trinajstić information content (AvgIpc) is 2.17.